The Hall–Kier alpha value is -2.83. The van der Waals surface area contributed by atoms with Gasteiger partial charge < -0.3 is 15.5 Å². The molecule has 13 heteroatoms. The molecule has 0 aliphatic carbocycles. The second-order valence-electron chi connectivity index (χ2n) is 4.03. The van der Waals surface area contributed by atoms with E-state index in [1.54, 1.807) is 20.0 Å². The van der Waals surface area contributed by atoms with E-state index in [1.807, 2.05) is 0 Å². The molecule has 0 aliphatic rings. The van der Waals surface area contributed by atoms with Crippen LogP contribution in [0.5, 0.6) is 0 Å². The van der Waals surface area contributed by atoms with Crippen LogP contribution in [-0.2, 0) is 7.05 Å². The number of allylic oxidation sites excluding steroid dienone is 1. The molecule has 2 N–H and O–H groups in total. The van der Waals surface area contributed by atoms with Crippen molar-refractivity contribution >= 4 is 34.0 Å². The van der Waals surface area contributed by atoms with Crippen LogP contribution in [0.2, 0.25) is 0 Å². The quantitative estimate of drug-likeness (QED) is 0.543. The van der Waals surface area contributed by atoms with Crippen LogP contribution in [0, 0.1) is 10.1 Å². The molecule has 116 valence electrons. The summed E-state index contributed by atoms with van der Waals surface area (Å²) < 4.78 is 2.15. The van der Waals surface area contributed by atoms with Crippen LogP contribution in [0.1, 0.15) is 17.4 Å². The van der Waals surface area contributed by atoms with Crippen LogP contribution in [-0.4, -0.2) is 40.8 Å². The number of tetrazole rings is 1. The molecule has 1 amide bonds. The standard InChI is InChI=1S/C9H10BrN9O3/c1-5(4-18-15-9(13-16-18)19(21)22)11-12-8(20)6-3-7(10)17(2)14-6/h3-4,11H,1-2H3,(H,12,20). The summed E-state index contributed by atoms with van der Waals surface area (Å²) in [6.07, 6.45) is 1.31. The number of nitrogens with one attached hydrogen (secondary N) is 2. The molecular formula is C9H10BrN9O3. The number of aromatic nitrogens is 6. The summed E-state index contributed by atoms with van der Waals surface area (Å²) in [6, 6.07) is 1.55. The molecule has 0 bridgehead atoms. The van der Waals surface area contributed by atoms with Gasteiger partial charge in [0, 0.05) is 18.8 Å². The van der Waals surface area contributed by atoms with Crippen molar-refractivity contribution in [3.8, 4) is 0 Å². The van der Waals surface area contributed by atoms with Gasteiger partial charge in [-0.3, -0.25) is 14.9 Å². The maximum atomic E-state index is 11.8. The smallest absolute Gasteiger partial charge is 0.390 e. The van der Waals surface area contributed by atoms with Crippen molar-refractivity contribution in [2.24, 2.45) is 7.05 Å². The number of carbonyl (C=O) groups excluding carboxylic acids is 1. The molecule has 2 heterocycles. The number of nitrogens with zero attached hydrogens (tertiary/aromatic N) is 7. The van der Waals surface area contributed by atoms with Crippen LogP contribution in [0.15, 0.2) is 16.4 Å². The Morgan fingerprint density at radius 3 is 2.73 bits per heavy atom. The first-order chi connectivity index (χ1) is 10.4. The molecule has 12 nitrogen and oxygen atoms in total. The molecule has 2 aromatic heterocycles. The van der Waals surface area contributed by atoms with Gasteiger partial charge in [-0.2, -0.15) is 5.10 Å². The van der Waals surface area contributed by atoms with Gasteiger partial charge in [0.1, 0.15) is 4.60 Å². The summed E-state index contributed by atoms with van der Waals surface area (Å²) >= 11 is 3.23. The first-order valence-electron chi connectivity index (χ1n) is 5.75. The van der Waals surface area contributed by atoms with E-state index in [0.29, 0.717) is 10.3 Å². The van der Waals surface area contributed by atoms with Crippen molar-refractivity contribution < 1.29 is 9.72 Å². The normalized spacial score (nSPS) is 11.3. The lowest BCUT2D eigenvalue weighted by Gasteiger charge is -2.05. The number of nitro groups is 1. The lowest BCUT2D eigenvalue weighted by atomic mass is 10.4. The zero-order valence-corrected chi connectivity index (χ0v) is 13.0. The summed E-state index contributed by atoms with van der Waals surface area (Å²) in [5.74, 6) is -1.07. The van der Waals surface area contributed by atoms with Crippen LogP contribution in [0.3, 0.4) is 0 Å². The molecule has 0 fully saturated rings. The molecule has 2 rings (SSSR count). The summed E-state index contributed by atoms with van der Waals surface area (Å²) in [4.78, 5) is 22.4. The van der Waals surface area contributed by atoms with Crippen LogP contribution < -0.4 is 10.9 Å². The Morgan fingerprint density at radius 1 is 1.45 bits per heavy atom. The number of rotatable bonds is 5. The summed E-state index contributed by atoms with van der Waals surface area (Å²) in [5.41, 5.74) is 5.65. The summed E-state index contributed by atoms with van der Waals surface area (Å²) in [6.45, 7) is 1.60. The maximum Gasteiger partial charge on any atom is 0.515 e. The van der Waals surface area contributed by atoms with E-state index in [9.17, 15) is 14.9 Å². The van der Waals surface area contributed by atoms with Crippen molar-refractivity contribution in [2.75, 3.05) is 0 Å². The van der Waals surface area contributed by atoms with Gasteiger partial charge in [-0.15, -0.1) is 0 Å². The fourth-order valence-corrected chi connectivity index (χ4v) is 1.62. The number of amides is 1. The van der Waals surface area contributed by atoms with Crippen molar-refractivity contribution in [3.05, 3.63) is 32.2 Å². The monoisotopic (exact) mass is 371 g/mol. The minimum absolute atomic E-state index is 0.212. The number of hydrazine groups is 1. The molecule has 22 heavy (non-hydrogen) atoms. The van der Waals surface area contributed by atoms with E-state index in [4.69, 9.17) is 0 Å². The van der Waals surface area contributed by atoms with Gasteiger partial charge >= 0.3 is 5.95 Å². The molecule has 0 aromatic carbocycles. The zero-order valence-electron chi connectivity index (χ0n) is 11.4. The van der Waals surface area contributed by atoms with Gasteiger partial charge in [-0.05, 0) is 27.8 Å². The Balaban J connectivity index is 1.96. The Morgan fingerprint density at radius 2 is 2.18 bits per heavy atom. The van der Waals surface area contributed by atoms with Crippen molar-refractivity contribution in [2.45, 2.75) is 6.92 Å². The number of carbonyl (C=O) groups is 1. The van der Waals surface area contributed by atoms with E-state index >= 15 is 0 Å². The fraction of sp³-hybridized carbons (Fsp3) is 0.222. The molecule has 0 radical (unpaired) electrons. The van der Waals surface area contributed by atoms with Gasteiger partial charge in [-0.25, -0.2) is 0 Å². The lowest BCUT2D eigenvalue weighted by molar-refractivity contribution is -0.394. The van der Waals surface area contributed by atoms with E-state index < -0.39 is 16.8 Å². The van der Waals surface area contributed by atoms with Gasteiger partial charge in [-0.1, -0.05) is 4.80 Å². The maximum absolute atomic E-state index is 11.8. The van der Waals surface area contributed by atoms with Crippen molar-refractivity contribution in [1.29, 1.82) is 0 Å². The molecule has 0 saturated carbocycles. The topological polar surface area (TPSA) is 146 Å². The number of hydrogen-bond acceptors (Lipinski definition) is 8. The highest BCUT2D eigenvalue weighted by molar-refractivity contribution is 9.10. The Bertz CT molecular complexity index is 730. The Labute approximate surface area is 131 Å². The van der Waals surface area contributed by atoms with Crippen LogP contribution in [0.25, 0.3) is 6.20 Å². The third-order valence-corrected chi connectivity index (χ3v) is 3.06. The van der Waals surface area contributed by atoms with Gasteiger partial charge in [0.2, 0.25) is 0 Å². The van der Waals surface area contributed by atoms with E-state index in [2.05, 4.69) is 47.3 Å². The molecule has 0 atom stereocenters. The molecule has 0 spiro atoms. The van der Waals surface area contributed by atoms with Gasteiger partial charge in [0.25, 0.3) is 5.91 Å². The summed E-state index contributed by atoms with van der Waals surface area (Å²) in [5, 5.41) is 24.6. The van der Waals surface area contributed by atoms with Crippen molar-refractivity contribution in [1.82, 2.24) is 40.8 Å². The van der Waals surface area contributed by atoms with Crippen LogP contribution >= 0.6 is 15.9 Å². The second kappa shape index (κ2) is 6.30. The highest BCUT2D eigenvalue weighted by Crippen LogP contribution is 2.09. The highest BCUT2D eigenvalue weighted by atomic mass is 79.9. The number of halogens is 1. The molecule has 0 saturated heterocycles. The molecule has 2 aromatic rings. The minimum Gasteiger partial charge on any atom is -0.390 e. The molecule has 0 aliphatic heterocycles. The average molecular weight is 372 g/mol. The predicted octanol–water partition coefficient (Wildman–Crippen LogP) is -0.170. The van der Waals surface area contributed by atoms with E-state index in [-0.39, 0.29) is 5.69 Å². The Kier molecular flexibility index (Phi) is 4.45. The van der Waals surface area contributed by atoms with E-state index in [0.717, 1.165) is 4.80 Å². The number of aryl methyl sites for hydroxylation is 1. The third kappa shape index (κ3) is 3.63. The minimum atomic E-state index is -0.763. The molecule has 0 unspecified atom stereocenters. The summed E-state index contributed by atoms with van der Waals surface area (Å²) in [7, 11) is 1.68. The first kappa shape index (κ1) is 15.6. The zero-order chi connectivity index (χ0) is 16.3. The van der Waals surface area contributed by atoms with Crippen LogP contribution in [0.4, 0.5) is 5.95 Å². The largest absolute Gasteiger partial charge is 0.515 e. The fourth-order valence-electron chi connectivity index (χ4n) is 1.33. The lowest BCUT2D eigenvalue weighted by Crippen LogP contribution is -2.36. The predicted molar refractivity (Wildman–Crippen MR) is 75.9 cm³/mol. The van der Waals surface area contributed by atoms with Gasteiger partial charge in [0.15, 0.2) is 5.69 Å². The first-order valence-corrected chi connectivity index (χ1v) is 6.54. The molecular weight excluding hydrogens is 362 g/mol. The third-order valence-electron chi connectivity index (χ3n) is 2.32. The second-order valence-corrected chi connectivity index (χ2v) is 4.85. The SMILES string of the molecule is CC(=Cn1nnc([N+](=O)[O-])n1)NNC(=O)c1cc(Br)n(C)n1. The highest BCUT2D eigenvalue weighted by Gasteiger charge is 2.14. The average Bonchev–Trinajstić information content (AvgIpc) is 3.04. The van der Waals surface area contributed by atoms with Crippen molar-refractivity contribution in [3.63, 3.8) is 0 Å². The van der Waals surface area contributed by atoms with Gasteiger partial charge in [0.05, 0.1) is 21.6 Å². The van der Waals surface area contributed by atoms with E-state index in [1.165, 1.54) is 10.9 Å². The number of hydrogen-bond donors (Lipinski definition) is 2.